The number of carbonyl (C=O) groups is 1. The molecular weight excluding hydrogens is 998 g/mol. The summed E-state index contributed by atoms with van der Waals surface area (Å²) in [5.41, 5.74) is 4.31. The number of ether oxygens (including phenoxy) is 4. The molecule has 3 aromatic carbocycles. The summed E-state index contributed by atoms with van der Waals surface area (Å²) < 4.78 is 67.6. The van der Waals surface area contributed by atoms with E-state index in [1.807, 2.05) is 16.9 Å². The number of anilines is 2. The second-order valence-corrected chi connectivity index (χ2v) is 22.4. The van der Waals surface area contributed by atoms with Crippen LogP contribution in [-0.2, 0) is 21.3 Å². The number of nitrogens with one attached hydrogen (secondary N) is 3. The van der Waals surface area contributed by atoms with Gasteiger partial charge in [-0.15, -0.1) is 0 Å². The lowest BCUT2D eigenvalue weighted by Crippen LogP contribution is -2.60. The Morgan fingerprint density at radius 3 is 2.46 bits per heavy atom. The fourth-order valence-electron chi connectivity index (χ4n) is 11.5. The third kappa shape index (κ3) is 11.0. The lowest BCUT2D eigenvalue weighted by Gasteiger charge is -2.58. The highest BCUT2D eigenvalue weighted by Gasteiger charge is 2.50. The first-order chi connectivity index (χ1) is 36.6. The lowest BCUT2D eigenvalue weighted by molar-refractivity contribution is -0.384. The molecular formula is C55H64FN9O10S. The molecule has 10 rings (SSSR count). The van der Waals surface area contributed by atoms with Crippen molar-refractivity contribution in [2.24, 2.45) is 5.41 Å². The van der Waals surface area contributed by atoms with Gasteiger partial charge in [-0.2, -0.15) is 4.98 Å². The minimum atomic E-state index is -4.76. The number of pyridine rings is 2. The van der Waals surface area contributed by atoms with Crippen molar-refractivity contribution in [1.82, 2.24) is 29.5 Å². The van der Waals surface area contributed by atoms with Gasteiger partial charge in [0.2, 0.25) is 5.82 Å². The predicted molar refractivity (Wildman–Crippen MR) is 283 cm³/mol. The Hall–Kier alpha value is -6.91. The summed E-state index contributed by atoms with van der Waals surface area (Å²) in [4.78, 5) is 43.6. The lowest BCUT2D eigenvalue weighted by atomic mass is 9.59. The molecule has 3 aromatic heterocycles. The molecule has 0 bridgehead atoms. The molecule has 1 saturated carbocycles. The number of amides is 1. The highest BCUT2D eigenvalue weighted by atomic mass is 32.2. The molecule has 3 saturated heterocycles. The summed E-state index contributed by atoms with van der Waals surface area (Å²) in [6.45, 7) is 9.71. The number of halogens is 1. The number of nitro groups is 1. The molecule has 6 aromatic rings. The number of aliphatic hydroxyl groups excluding tert-OH is 1. The van der Waals surface area contributed by atoms with Crippen LogP contribution in [0.3, 0.4) is 0 Å². The van der Waals surface area contributed by atoms with Crippen molar-refractivity contribution < 1.29 is 46.6 Å². The number of piperidine rings is 1. The number of H-pyrrole nitrogens is 1. The Bertz CT molecular complexity index is 3200. The number of hydrogen-bond donors (Lipinski definition) is 4. The van der Waals surface area contributed by atoms with Crippen LogP contribution in [0.2, 0.25) is 0 Å². The van der Waals surface area contributed by atoms with Crippen LogP contribution in [0.5, 0.6) is 23.1 Å². The smallest absolute Gasteiger partial charge is 0.312 e. The van der Waals surface area contributed by atoms with E-state index in [0.717, 1.165) is 94.8 Å². The average molecular weight is 1060 g/mol. The largest absolute Gasteiger partial charge is 0.497 e. The SMILES string of the molecule is COc1ccc(CN2CCN(C3CC4(CCN(c5ccc(C(=O)NS(=O)(=O)c6cnc(NCC7CCC(CO)O7)c([N+](=O)[O-])c6)c(Oc6cc7c(F)c[nH]c7nc6OC)c5)CC4)C3)[C@H](c3ccccc3C(C)C)C2)cc1. The molecule has 3 aliphatic heterocycles. The van der Waals surface area contributed by atoms with Gasteiger partial charge in [0.15, 0.2) is 5.75 Å². The minimum Gasteiger partial charge on any atom is -0.497 e. The van der Waals surface area contributed by atoms with E-state index in [0.29, 0.717) is 24.8 Å². The van der Waals surface area contributed by atoms with E-state index in [1.165, 1.54) is 35.9 Å². The minimum absolute atomic E-state index is 0.0217. The second-order valence-electron chi connectivity index (χ2n) is 20.7. The first-order valence-corrected chi connectivity index (χ1v) is 27.3. The van der Waals surface area contributed by atoms with Crippen LogP contribution in [-0.4, -0.2) is 127 Å². The van der Waals surface area contributed by atoms with Crippen molar-refractivity contribution in [2.45, 2.75) is 94.0 Å². The van der Waals surface area contributed by atoms with Crippen LogP contribution < -0.4 is 29.1 Å². The van der Waals surface area contributed by atoms with E-state index in [2.05, 4.69) is 85.2 Å². The number of methoxy groups -OCH3 is 2. The highest BCUT2D eigenvalue weighted by Crippen LogP contribution is 2.53. The first-order valence-electron chi connectivity index (χ1n) is 25.8. The number of piperazine rings is 1. The number of nitrogens with zero attached hydrogens (tertiary/aromatic N) is 6. The molecule has 1 spiro atoms. The van der Waals surface area contributed by atoms with Gasteiger partial charge in [-0.1, -0.05) is 50.2 Å². The van der Waals surface area contributed by atoms with Gasteiger partial charge in [-0.25, -0.2) is 22.5 Å². The van der Waals surface area contributed by atoms with Crippen LogP contribution >= 0.6 is 0 Å². The molecule has 4 aliphatic rings. The monoisotopic (exact) mass is 1060 g/mol. The molecule has 4 fully saturated rings. The van der Waals surface area contributed by atoms with E-state index >= 15 is 0 Å². The maximum Gasteiger partial charge on any atom is 0.312 e. The van der Waals surface area contributed by atoms with Crippen molar-refractivity contribution in [3.8, 4) is 23.1 Å². The maximum atomic E-state index is 14.9. The summed E-state index contributed by atoms with van der Waals surface area (Å²) >= 11 is 0. The zero-order chi connectivity index (χ0) is 53.3. The summed E-state index contributed by atoms with van der Waals surface area (Å²) in [5, 5.41) is 24.5. The van der Waals surface area contributed by atoms with E-state index in [4.69, 9.17) is 18.9 Å². The quantitative estimate of drug-likeness (QED) is 0.0469. The number of benzene rings is 3. The van der Waals surface area contributed by atoms with E-state index < -0.39 is 37.3 Å². The van der Waals surface area contributed by atoms with Crippen molar-refractivity contribution in [3.63, 3.8) is 0 Å². The van der Waals surface area contributed by atoms with E-state index in [1.54, 1.807) is 19.2 Å². The fourth-order valence-corrected chi connectivity index (χ4v) is 12.5. The van der Waals surface area contributed by atoms with Crippen LogP contribution in [0.1, 0.15) is 91.4 Å². The zero-order valence-electron chi connectivity index (χ0n) is 43.0. The van der Waals surface area contributed by atoms with Gasteiger partial charge in [0, 0.05) is 88.0 Å². The normalized spacial score (nSPS) is 20.2. The number of aliphatic hydroxyl groups is 1. The zero-order valence-corrected chi connectivity index (χ0v) is 43.9. The van der Waals surface area contributed by atoms with Crippen molar-refractivity contribution >= 4 is 44.2 Å². The third-order valence-corrected chi connectivity index (χ3v) is 17.0. The molecule has 19 nitrogen and oxygen atoms in total. The number of rotatable bonds is 18. The molecule has 1 amide bonds. The van der Waals surface area contributed by atoms with Gasteiger partial charge in [0.25, 0.3) is 21.8 Å². The Morgan fingerprint density at radius 2 is 1.75 bits per heavy atom. The average Bonchev–Trinajstić information content (AvgIpc) is 4.07. The van der Waals surface area contributed by atoms with Crippen molar-refractivity contribution in [1.29, 1.82) is 0 Å². The summed E-state index contributed by atoms with van der Waals surface area (Å²) in [7, 11) is -1.71. The standard InChI is InChI=1S/C55H64FN9O10S/c1-34(2)42-7-5-6-8-43(42)48-32-62(31-35-9-12-38(72-3)13-10-35)21-22-64(48)37-26-55(27-37)17-19-63(20-18-55)36-11-16-44(49(23-36)75-50-25-45-46(56)30-59-51(45)60-54(50)73-4)53(67)61-76(70,71)41-24-47(65(68)69)52(58-29-41)57-28-39-14-15-40(33-66)74-39/h5-13,16,23-25,29-30,34,37,39-40,48,66H,14-15,17-22,26-28,31-33H2,1-4H3,(H,57,58)(H,59,60)(H,61,67)/t39?,40?,48-/m0/s1. The predicted octanol–water partition coefficient (Wildman–Crippen LogP) is 8.32. The number of aromatic nitrogens is 3. The molecule has 4 N–H and O–H groups in total. The van der Waals surface area contributed by atoms with Gasteiger partial charge >= 0.3 is 5.69 Å². The Balaban J connectivity index is 0.858. The van der Waals surface area contributed by atoms with Gasteiger partial charge < -0.3 is 39.3 Å². The molecule has 21 heteroatoms. The Labute approximate surface area is 440 Å². The number of aromatic amines is 1. The van der Waals surface area contributed by atoms with E-state index in [-0.39, 0.29) is 76.6 Å². The number of hydrogen-bond acceptors (Lipinski definition) is 16. The summed E-state index contributed by atoms with van der Waals surface area (Å²) in [6, 6.07) is 25.0. The molecule has 0 radical (unpaired) electrons. The Kier molecular flexibility index (Phi) is 15.2. The second kappa shape index (κ2) is 22.0. The molecule has 2 unspecified atom stereocenters. The van der Waals surface area contributed by atoms with Gasteiger partial charge in [-0.05, 0) is 90.8 Å². The molecule has 76 heavy (non-hydrogen) atoms. The number of sulfonamides is 1. The topological polar surface area (TPSA) is 227 Å². The molecule has 402 valence electrons. The maximum absolute atomic E-state index is 14.9. The van der Waals surface area contributed by atoms with E-state index in [9.17, 15) is 32.8 Å². The summed E-state index contributed by atoms with van der Waals surface area (Å²) in [5.74, 6) is -0.765. The van der Waals surface area contributed by atoms with Gasteiger partial charge in [0.05, 0.1) is 55.1 Å². The summed E-state index contributed by atoms with van der Waals surface area (Å²) in [6.07, 6.45) is 6.69. The van der Waals surface area contributed by atoms with Crippen LogP contribution in [0, 0.1) is 21.3 Å². The third-order valence-electron chi connectivity index (χ3n) is 15.7. The first kappa shape index (κ1) is 52.5. The molecule has 1 aliphatic carbocycles. The van der Waals surface area contributed by atoms with Gasteiger partial charge in [0.1, 0.15) is 27.9 Å². The Morgan fingerprint density at radius 1 is 0.987 bits per heavy atom. The molecule has 6 heterocycles. The molecule has 3 atom stereocenters. The van der Waals surface area contributed by atoms with Crippen LogP contribution in [0.25, 0.3) is 11.0 Å². The van der Waals surface area contributed by atoms with Crippen molar-refractivity contribution in [2.75, 3.05) is 70.3 Å². The fraction of sp³-hybridized carbons (Fsp3) is 0.436. The van der Waals surface area contributed by atoms with Crippen molar-refractivity contribution in [3.05, 3.63) is 129 Å². The number of fused-ring (bicyclic) bond motifs is 1. The highest BCUT2D eigenvalue weighted by molar-refractivity contribution is 7.90. The van der Waals surface area contributed by atoms with Crippen LogP contribution in [0.4, 0.5) is 21.6 Å². The van der Waals surface area contributed by atoms with Gasteiger partial charge in [-0.3, -0.25) is 24.7 Å². The van der Waals surface area contributed by atoms with Crippen LogP contribution in [0.15, 0.2) is 96.2 Å². The number of carbonyl (C=O) groups excluding carboxylic acids is 1.